The van der Waals surface area contributed by atoms with Crippen molar-refractivity contribution >= 4 is 11.9 Å². The van der Waals surface area contributed by atoms with Gasteiger partial charge in [-0.2, -0.15) is 0 Å². The lowest BCUT2D eigenvalue weighted by Crippen LogP contribution is -2.63. The van der Waals surface area contributed by atoms with Crippen LogP contribution in [0.1, 0.15) is 85.5 Å². The number of nitrogens with one attached hydrogen (secondary N) is 4. The topological polar surface area (TPSA) is 101 Å². The summed E-state index contributed by atoms with van der Waals surface area (Å²) in [6.07, 6.45) is 10.3. The molecule has 1 saturated heterocycles. The van der Waals surface area contributed by atoms with Crippen LogP contribution in [-0.4, -0.2) is 62.2 Å². The Morgan fingerprint density at radius 3 is 2.15 bits per heavy atom. The van der Waals surface area contributed by atoms with Gasteiger partial charge in [0.05, 0.1) is 6.10 Å². The molecule has 0 aromatic carbocycles. The maximum atomic E-state index is 12.5. The summed E-state index contributed by atoms with van der Waals surface area (Å²) in [7, 11) is 0. The van der Waals surface area contributed by atoms with E-state index in [0.717, 1.165) is 64.6 Å². The fraction of sp³-hybridized carbons (Fsp3) is 0.923. The highest BCUT2D eigenvalue weighted by atomic mass is 16.6. The Kier molecular flexibility index (Phi) is 10.6. The summed E-state index contributed by atoms with van der Waals surface area (Å²) in [6.45, 7) is 10.5. The van der Waals surface area contributed by atoms with Gasteiger partial charge < -0.3 is 14.8 Å². The van der Waals surface area contributed by atoms with Gasteiger partial charge in [0.1, 0.15) is 18.4 Å². The monoisotopic (exact) mass is 480 g/mol. The molecule has 8 heteroatoms. The number of esters is 1. The molecule has 4 N–H and O–H groups in total. The van der Waals surface area contributed by atoms with Crippen LogP contribution >= 0.6 is 0 Å². The van der Waals surface area contributed by atoms with E-state index < -0.39 is 5.60 Å². The Labute approximate surface area is 206 Å². The largest absolute Gasteiger partial charge is 0.459 e. The summed E-state index contributed by atoms with van der Waals surface area (Å²) in [5.41, 5.74) is -0.529. The summed E-state index contributed by atoms with van der Waals surface area (Å²) in [5.74, 6) is 0.858. The molecule has 34 heavy (non-hydrogen) atoms. The summed E-state index contributed by atoms with van der Waals surface area (Å²) in [4.78, 5) is 24.3. The third kappa shape index (κ3) is 9.10. The van der Waals surface area contributed by atoms with Crippen LogP contribution in [0.3, 0.4) is 0 Å². The Bertz CT molecular complexity index is 629. The summed E-state index contributed by atoms with van der Waals surface area (Å²) < 4.78 is 11.2. The van der Waals surface area contributed by atoms with Crippen molar-refractivity contribution in [2.24, 2.45) is 17.8 Å². The second-order valence-electron chi connectivity index (χ2n) is 11.4. The maximum Gasteiger partial charge on any atom is 0.325 e. The van der Waals surface area contributed by atoms with E-state index in [0.29, 0.717) is 24.0 Å². The lowest BCUT2D eigenvalue weighted by atomic mass is 9.75. The fourth-order valence-electron chi connectivity index (χ4n) is 5.58. The van der Waals surface area contributed by atoms with E-state index in [4.69, 9.17) is 9.47 Å². The standard InChI is InChI=1S/C26H48N4O4/c1-5-14-33-22-12-10-21(11-13-22)30-25-28-15-20(16-29-25)18-6-8-19(9-7-18)24(32)27-17-23(31)34-26(2,3)4/h18-22,25,28-30H,5-17H2,1-4H3,(H,27,32). The van der Waals surface area contributed by atoms with Crippen molar-refractivity contribution in [1.29, 1.82) is 0 Å². The van der Waals surface area contributed by atoms with Crippen molar-refractivity contribution in [2.75, 3.05) is 26.2 Å². The smallest absolute Gasteiger partial charge is 0.325 e. The Balaban J connectivity index is 1.28. The Morgan fingerprint density at radius 2 is 1.56 bits per heavy atom. The van der Waals surface area contributed by atoms with Gasteiger partial charge in [-0.15, -0.1) is 0 Å². The number of carbonyl (C=O) groups is 2. The van der Waals surface area contributed by atoms with Crippen molar-refractivity contribution < 1.29 is 19.1 Å². The van der Waals surface area contributed by atoms with Crippen molar-refractivity contribution in [2.45, 2.75) is 110 Å². The van der Waals surface area contributed by atoms with Crippen LogP contribution in [0.15, 0.2) is 0 Å². The first kappa shape index (κ1) is 27.4. The van der Waals surface area contributed by atoms with Crippen molar-refractivity contribution in [3.05, 3.63) is 0 Å². The quantitative estimate of drug-likeness (QED) is 0.377. The highest BCUT2D eigenvalue weighted by Crippen LogP contribution is 2.34. The van der Waals surface area contributed by atoms with Crippen LogP contribution in [0, 0.1) is 17.8 Å². The molecule has 2 aliphatic carbocycles. The summed E-state index contributed by atoms with van der Waals surface area (Å²) in [6, 6.07) is 0.553. The maximum absolute atomic E-state index is 12.5. The van der Waals surface area contributed by atoms with Crippen molar-refractivity contribution in [3.8, 4) is 0 Å². The van der Waals surface area contributed by atoms with Crippen molar-refractivity contribution in [1.82, 2.24) is 21.3 Å². The van der Waals surface area contributed by atoms with Gasteiger partial charge in [-0.1, -0.05) is 6.92 Å². The molecule has 0 atom stereocenters. The summed E-state index contributed by atoms with van der Waals surface area (Å²) in [5, 5.41) is 13.8. The molecule has 1 amide bonds. The Hall–Kier alpha value is -1.22. The second-order valence-corrected chi connectivity index (χ2v) is 11.4. The van der Waals surface area contributed by atoms with Crippen LogP contribution in [0.25, 0.3) is 0 Å². The first-order chi connectivity index (χ1) is 16.2. The normalized spacial score (nSPS) is 32.7. The molecule has 0 spiro atoms. The molecule has 2 saturated carbocycles. The Morgan fingerprint density at radius 1 is 0.912 bits per heavy atom. The lowest BCUT2D eigenvalue weighted by Gasteiger charge is -2.40. The van der Waals surface area contributed by atoms with Crippen LogP contribution in [0.5, 0.6) is 0 Å². The zero-order valence-corrected chi connectivity index (χ0v) is 21.8. The number of hydrogen-bond acceptors (Lipinski definition) is 7. The number of rotatable bonds is 9. The van der Waals surface area contributed by atoms with Gasteiger partial charge in [-0.3, -0.25) is 25.5 Å². The van der Waals surface area contributed by atoms with Gasteiger partial charge in [-0.05, 0) is 90.4 Å². The number of amides is 1. The first-order valence-electron chi connectivity index (χ1n) is 13.6. The van der Waals surface area contributed by atoms with Crippen LogP contribution in [0.4, 0.5) is 0 Å². The molecule has 0 radical (unpaired) electrons. The van der Waals surface area contributed by atoms with Crippen molar-refractivity contribution in [3.63, 3.8) is 0 Å². The van der Waals surface area contributed by atoms with Crippen LogP contribution in [0.2, 0.25) is 0 Å². The number of ether oxygens (including phenoxy) is 2. The fourth-order valence-corrected chi connectivity index (χ4v) is 5.58. The van der Waals surface area contributed by atoms with Crippen LogP contribution in [-0.2, 0) is 19.1 Å². The molecule has 0 aromatic heterocycles. The van der Waals surface area contributed by atoms with E-state index in [1.54, 1.807) is 0 Å². The highest BCUT2D eigenvalue weighted by Gasteiger charge is 2.33. The van der Waals surface area contributed by atoms with Gasteiger partial charge in [0.2, 0.25) is 5.91 Å². The zero-order chi connectivity index (χ0) is 24.6. The lowest BCUT2D eigenvalue weighted by molar-refractivity contribution is -0.154. The number of hydrogen-bond donors (Lipinski definition) is 4. The molecule has 8 nitrogen and oxygen atoms in total. The van der Waals surface area contributed by atoms with E-state index in [9.17, 15) is 9.59 Å². The van der Waals surface area contributed by atoms with Gasteiger partial charge in [0.25, 0.3) is 0 Å². The zero-order valence-electron chi connectivity index (χ0n) is 21.8. The van der Waals surface area contributed by atoms with Gasteiger partial charge in [-0.25, -0.2) is 0 Å². The average Bonchev–Trinajstić information content (AvgIpc) is 2.82. The molecular weight excluding hydrogens is 432 g/mol. The second kappa shape index (κ2) is 13.2. The highest BCUT2D eigenvalue weighted by molar-refractivity contribution is 5.83. The molecule has 3 fully saturated rings. The predicted molar refractivity (Wildman–Crippen MR) is 133 cm³/mol. The molecule has 3 rings (SSSR count). The van der Waals surface area contributed by atoms with E-state index in [2.05, 4.69) is 28.2 Å². The minimum atomic E-state index is -0.529. The molecular formula is C26H48N4O4. The minimum absolute atomic E-state index is 0.00837. The van der Waals surface area contributed by atoms with E-state index in [1.807, 2.05) is 20.8 Å². The third-order valence-electron chi connectivity index (χ3n) is 7.44. The van der Waals surface area contributed by atoms with Crippen LogP contribution < -0.4 is 21.3 Å². The first-order valence-corrected chi connectivity index (χ1v) is 13.6. The van der Waals surface area contributed by atoms with E-state index >= 15 is 0 Å². The number of carbonyl (C=O) groups excluding carboxylic acids is 2. The molecule has 3 aliphatic rings. The summed E-state index contributed by atoms with van der Waals surface area (Å²) >= 11 is 0. The molecule has 1 heterocycles. The molecule has 0 aromatic rings. The molecule has 196 valence electrons. The van der Waals surface area contributed by atoms with Gasteiger partial charge in [0, 0.05) is 31.7 Å². The van der Waals surface area contributed by atoms with Gasteiger partial charge >= 0.3 is 5.97 Å². The molecule has 0 unspecified atom stereocenters. The van der Waals surface area contributed by atoms with Gasteiger partial charge in [0.15, 0.2) is 0 Å². The molecule has 1 aliphatic heterocycles. The molecule has 0 bridgehead atoms. The third-order valence-corrected chi connectivity index (χ3v) is 7.44. The SMILES string of the molecule is CCCOC1CCC(NC2NCC(C3CCC(C(=O)NCC(=O)OC(C)(C)C)CC3)CN2)CC1. The van der Waals surface area contributed by atoms with E-state index in [-0.39, 0.29) is 30.6 Å². The van der Waals surface area contributed by atoms with E-state index in [1.165, 1.54) is 12.8 Å². The average molecular weight is 481 g/mol. The predicted octanol–water partition coefficient (Wildman–Crippen LogP) is 2.67. The minimum Gasteiger partial charge on any atom is -0.459 e.